The van der Waals surface area contributed by atoms with E-state index in [1.165, 1.54) is 7.11 Å². The largest absolute Gasteiger partial charge is 0.429 e. The monoisotopic (exact) mass is 128 g/mol. The average Bonchev–Trinajstić information content (AvgIpc) is 2.13. The molecular weight excluding hydrogens is 120 g/mol. The summed E-state index contributed by atoms with van der Waals surface area (Å²) in [5.41, 5.74) is 0. The lowest BCUT2D eigenvalue weighted by molar-refractivity contribution is -0.199. The van der Waals surface area contributed by atoms with Crippen LogP contribution >= 0.6 is 0 Å². The van der Waals surface area contributed by atoms with Gasteiger partial charge in [0.15, 0.2) is 11.5 Å². The van der Waals surface area contributed by atoms with Crippen LogP contribution in [0.3, 0.4) is 0 Å². The van der Waals surface area contributed by atoms with Crippen LogP contribution in [0.5, 0.6) is 0 Å². The Bertz CT molecular complexity index is 134. The molecule has 3 heteroatoms. The molecule has 1 heterocycles. The van der Waals surface area contributed by atoms with Gasteiger partial charge in [0.2, 0.25) is 0 Å². The molecule has 1 saturated heterocycles. The smallest absolute Gasteiger partial charge is 0.360 e. The standard InChI is InChI=1S/C6H8O3/c1-4-5(2)9-6(7-3)8-4/h6H,1-2H2,3H3. The summed E-state index contributed by atoms with van der Waals surface area (Å²) in [7, 11) is 1.48. The lowest BCUT2D eigenvalue weighted by Crippen LogP contribution is -2.08. The van der Waals surface area contributed by atoms with Gasteiger partial charge in [-0.25, -0.2) is 0 Å². The van der Waals surface area contributed by atoms with Gasteiger partial charge < -0.3 is 14.2 Å². The molecule has 0 saturated carbocycles. The highest BCUT2D eigenvalue weighted by Gasteiger charge is 2.22. The topological polar surface area (TPSA) is 27.7 Å². The van der Waals surface area contributed by atoms with Crippen molar-refractivity contribution in [3.05, 3.63) is 24.7 Å². The minimum atomic E-state index is -0.648. The van der Waals surface area contributed by atoms with E-state index in [0.29, 0.717) is 11.5 Å². The van der Waals surface area contributed by atoms with Gasteiger partial charge in [0.25, 0.3) is 0 Å². The maximum absolute atomic E-state index is 4.88. The fraction of sp³-hybridized carbons (Fsp3) is 0.333. The van der Waals surface area contributed by atoms with Crippen molar-refractivity contribution < 1.29 is 14.2 Å². The molecule has 0 amide bonds. The second-order valence-corrected chi connectivity index (χ2v) is 1.61. The van der Waals surface area contributed by atoms with E-state index in [2.05, 4.69) is 17.9 Å². The zero-order valence-electron chi connectivity index (χ0n) is 5.22. The van der Waals surface area contributed by atoms with Gasteiger partial charge in [-0.05, 0) is 0 Å². The van der Waals surface area contributed by atoms with Crippen LogP contribution in [0.15, 0.2) is 24.7 Å². The van der Waals surface area contributed by atoms with Crippen LogP contribution < -0.4 is 0 Å². The molecule has 0 aromatic rings. The Kier molecular flexibility index (Phi) is 1.44. The zero-order valence-corrected chi connectivity index (χ0v) is 5.22. The first kappa shape index (κ1) is 6.16. The van der Waals surface area contributed by atoms with Gasteiger partial charge in [0.1, 0.15) is 0 Å². The quantitative estimate of drug-likeness (QED) is 0.527. The van der Waals surface area contributed by atoms with Crippen LogP contribution in [0.2, 0.25) is 0 Å². The Morgan fingerprint density at radius 3 is 2.00 bits per heavy atom. The number of methoxy groups -OCH3 is 1. The van der Waals surface area contributed by atoms with Crippen molar-refractivity contribution in [2.75, 3.05) is 7.11 Å². The Morgan fingerprint density at radius 2 is 1.78 bits per heavy atom. The van der Waals surface area contributed by atoms with Crippen LogP contribution in [0.1, 0.15) is 0 Å². The van der Waals surface area contributed by atoms with Crippen LogP contribution in [0.25, 0.3) is 0 Å². The third-order valence-electron chi connectivity index (χ3n) is 0.980. The Labute approximate surface area is 53.5 Å². The normalized spacial score (nSPS) is 19.7. The van der Waals surface area contributed by atoms with Gasteiger partial charge in [-0.1, -0.05) is 13.2 Å². The van der Waals surface area contributed by atoms with Crippen molar-refractivity contribution in [2.45, 2.75) is 6.48 Å². The minimum absolute atomic E-state index is 0.432. The first-order valence-electron chi connectivity index (χ1n) is 2.48. The Morgan fingerprint density at radius 1 is 1.33 bits per heavy atom. The van der Waals surface area contributed by atoms with Crippen LogP contribution in [0, 0.1) is 0 Å². The molecule has 1 rings (SSSR count). The van der Waals surface area contributed by atoms with E-state index in [1.807, 2.05) is 0 Å². The molecule has 9 heavy (non-hydrogen) atoms. The van der Waals surface area contributed by atoms with Crippen LogP contribution in [0.4, 0.5) is 0 Å². The molecule has 0 bridgehead atoms. The second kappa shape index (κ2) is 2.11. The van der Waals surface area contributed by atoms with Crippen molar-refractivity contribution in [3.8, 4) is 0 Å². The number of hydrogen-bond donors (Lipinski definition) is 0. The molecule has 0 radical (unpaired) electrons. The average molecular weight is 128 g/mol. The van der Waals surface area contributed by atoms with Crippen molar-refractivity contribution in [1.29, 1.82) is 0 Å². The third kappa shape index (κ3) is 1.05. The fourth-order valence-electron chi connectivity index (χ4n) is 0.484. The van der Waals surface area contributed by atoms with Crippen molar-refractivity contribution in [2.24, 2.45) is 0 Å². The van der Waals surface area contributed by atoms with Gasteiger partial charge in [0.05, 0.1) is 0 Å². The first-order valence-corrected chi connectivity index (χ1v) is 2.48. The molecule has 1 fully saturated rings. The van der Waals surface area contributed by atoms with E-state index in [-0.39, 0.29) is 0 Å². The van der Waals surface area contributed by atoms with E-state index < -0.39 is 6.48 Å². The zero-order chi connectivity index (χ0) is 6.85. The molecule has 0 aromatic heterocycles. The number of hydrogen-bond acceptors (Lipinski definition) is 3. The Balaban J connectivity index is 2.54. The second-order valence-electron chi connectivity index (χ2n) is 1.61. The highest BCUT2D eigenvalue weighted by molar-refractivity contribution is 5.14. The molecule has 0 atom stereocenters. The van der Waals surface area contributed by atoms with Gasteiger partial charge in [-0.3, -0.25) is 0 Å². The predicted octanol–water partition coefficient (Wildman–Crippen LogP) is 0.991. The molecule has 0 N–H and O–H groups in total. The molecule has 0 aliphatic carbocycles. The van der Waals surface area contributed by atoms with Gasteiger partial charge in [-0.2, -0.15) is 0 Å². The molecule has 50 valence electrons. The summed E-state index contributed by atoms with van der Waals surface area (Å²) in [6, 6.07) is 0. The molecule has 0 aromatic carbocycles. The summed E-state index contributed by atoms with van der Waals surface area (Å²) in [6.07, 6.45) is 0. The van der Waals surface area contributed by atoms with Gasteiger partial charge in [0, 0.05) is 7.11 Å². The first-order chi connectivity index (χ1) is 4.24. The summed E-state index contributed by atoms with van der Waals surface area (Å²) < 4.78 is 14.5. The summed E-state index contributed by atoms with van der Waals surface area (Å²) in [6.45, 7) is 6.37. The SMILES string of the molecule is C=C1OC(OC)OC1=C. The summed E-state index contributed by atoms with van der Waals surface area (Å²) in [5.74, 6) is 0.865. The fourth-order valence-corrected chi connectivity index (χ4v) is 0.484. The lowest BCUT2D eigenvalue weighted by atomic mass is 10.5. The van der Waals surface area contributed by atoms with Crippen LogP contribution in [-0.2, 0) is 14.2 Å². The molecule has 1 aliphatic rings. The molecule has 0 spiro atoms. The van der Waals surface area contributed by atoms with E-state index in [1.54, 1.807) is 0 Å². The van der Waals surface area contributed by atoms with E-state index >= 15 is 0 Å². The van der Waals surface area contributed by atoms with Crippen molar-refractivity contribution in [1.82, 2.24) is 0 Å². The minimum Gasteiger partial charge on any atom is -0.429 e. The molecule has 3 nitrogen and oxygen atoms in total. The number of rotatable bonds is 1. The molecular formula is C6H8O3. The maximum Gasteiger partial charge on any atom is 0.360 e. The summed E-state index contributed by atoms with van der Waals surface area (Å²) >= 11 is 0. The molecule has 0 unspecified atom stereocenters. The van der Waals surface area contributed by atoms with Gasteiger partial charge in [-0.15, -0.1) is 0 Å². The summed E-state index contributed by atoms with van der Waals surface area (Å²) in [4.78, 5) is 0. The van der Waals surface area contributed by atoms with Crippen molar-refractivity contribution >= 4 is 0 Å². The Hall–Kier alpha value is -0.960. The predicted molar refractivity (Wildman–Crippen MR) is 31.2 cm³/mol. The van der Waals surface area contributed by atoms with Crippen LogP contribution in [-0.4, -0.2) is 13.6 Å². The van der Waals surface area contributed by atoms with Crippen molar-refractivity contribution in [3.63, 3.8) is 0 Å². The van der Waals surface area contributed by atoms with E-state index in [9.17, 15) is 0 Å². The van der Waals surface area contributed by atoms with Gasteiger partial charge >= 0.3 is 6.48 Å². The maximum atomic E-state index is 4.88. The highest BCUT2D eigenvalue weighted by atomic mass is 16.9. The number of ether oxygens (including phenoxy) is 3. The summed E-state index contributed by atoms with van der Waals surface area (Å²) in [5, 5.41) is 0. The highest BCUT2D eigenvalue weighted by Crippen LogP contribution is 2.22. The van der Waals surface area contributed by atoms with E-state index in [4.69, 9.17) is 9.47 Å². The molecule has 1 aliphatic heterocycles. The lowest BCUT2D eigenvalue weighted by Gasteiger charge is -2.03. The third-order valence-corrected chi connectivity index (χ3v) is 0.980. The van der Waals surface area contributed by atoms with E-state index in [0.717, 1.165) is 0 Å².